The van der Waals surface area contributed by atoms with Crippen LogP contribution >= 0.6 is 0 Å². The van der Waals surface area contributed by atoms with Gasteiger partial charge in [-0.1, -0.05) is 30.3 Å². The summed E-state index contributed by atoms with van der Waals surface area (Å²) < 4.78 is 6.46. The maximum absolute atomic E-state index is 12.8. The molecule has 0 atom stereocenters. The SMILES string of the molecule is COCCNCc1cccc(CCNCc2nccn(CC(=O)NCc3ccc4[nH]cc(C)c4c3)c2=O)c1. The van der Waals surface area contributed by atoms with E-state index in [0.717, 1.165) is 41.5 Å². The quantitative estimate of drug-likeness (QED) is 0.192. The first-order valence-electron chi connectivity index (χ1n) is 12.9. The van der Waals surface area contributed by atoms with Crippen LogP contribution in [0.15, 0.2) is 65.8 Å². The lowest BCUT2D eigenvalue weighted by atomic mass is 10.1. The Morgan fingerprint density at radius 2 is 1.84 bits per heavy atom. The highest BCUT2D eigenvalue weighted by Gasteiger charge is 2.09. The lowest BCUT2D eigenvalue weighted by molar-refractivity contribution is -0.121. The van der Waals surface area contributed by atoms with Gasteiger partial charge in [0.05, 0.1) is 6.61 Å². The van der Waals surface area contributed by atoms with Crippen LogP contribution in [0, 0.1) is 6.92 Å². The third-order valence-corrected chi connectivity index (χ3v) is 6.43. The molecule has 38 heavy (non-hydrogen) atoms. The molecule has 0 saturated carbocycles. The molecule has 2 aromatic heterocycles. The fraction of sp³-hybridized carbons (Fsp3) is 0.345. The predicted octanol–water partition coefficient (Wildman–Crippen LogP) is 2.42. The molecule has 2 aromatic carbocycles. The number of carbonyl (C=O) groups is 1. The van der Waals surface area contributed by atoms with Crippen LogP contribution in [0.4, 0.5) is 0 Å². The molecule has 2 heterocycles. The Morgan fingerprint density at radius 3 is 2.71 bits per heavy atom. The fourth-order valence-corrected chi connectivity index (χ4v) is 4.31. The van der Waals surface area contributed by atoms with Crippen LogP contribution in [0.3, 0.4) is 0 Å². The summed E-state index contributed by atoms with van der Waals surface area (Å²) in [5.74, 6) is -0.223. The highest BCUT2D eigenvalue weighted by atomic mass is 16.5. The van der Waals surface area contributed by atoms with Gasteiger partial charge in [0, 0.05) is 62.8 Å². The average Bonchev–Trinajstić information content (AvgIpc) is 3.30. The number of benzene rings is 2. The van der Waals surface area contributed by atoms with Gasteiger partial charge in [-0.2, -0.15) is 0 Å². The number of hydrogen-bond acceptors (Lipinski definition) is 6. The minimum Gasteiger partial charge on any atom is -0.383 e. The zero-order valence-corrected chi connectivity index (χ0v) is 22.0. The maximum atomic E-state index is 12.8. The number of carbonyl (C=O) groups excluding carboxylic acids is 1. The summed E-state index contributed by atoms with van der Waals surface area (Å²) in [6.45, 7) is 5.75. The molecule has 200 valence electrons. The predicted molar refractivity (Wildman–Crippen MR) is 149 cm³/mol. The van der Waals surface area contributed by atoms with E-state index < -0.39 is 0 Å². The van der Waals surface area contributed by atoms with Crippen molar-refractivity contribution >= 4 is 16.8 Å². The topological polar surface area (TPSA) is 113 Å². The van der Waals surface area contributed by atoms with Crippen molar-refractivity contribution < 1.29 is 9.53 Å². The Kier molecular flexibility index (Phi) is 9.80. The minimum atomic E-state index is -0.261. The highest BCUT2D eigenvalue weighted by Crippen LogP contribution is 2.18. The van der Waals surface area contributed by atoms with Crippen molar-refractivity contribution in [2.24, 2.45) is 0 Å². The van der Waals surface area contributed by atoms with Crippen LogP contribution in [-0.2, 0) is 42.1 Å². The number of nitrogens with zero attached hydrogens (tertiary/aromatic N) is 2. The average molecular weight is 517 g/mol. The number of H-pyrrole nitrogens is 1. The Hall–Kier alpha value is -3.79. The van der Waals surface area contributed by atoms with Crippen molar-refractivity contribution in [2.75, 3.05) is 26.8 Å². The smallest absolute Gasteiger partial charge is 0.274 e. The van der Waals surface area contributed by atoms with E-state index in [0.29, 0.717) is 31.9 Å². The highest BCUT2D eigenvalue weighted by molar-refractivity contribution is 5.83. The van der Waals surface area contributed by atoms with Crippen LogP contribution in [0.5, 0.6) is 0 Å². The number of ether oxygens (including phenoxy) is 1. The molecule has 0 spiro atoms. The van der Waals surface area contributed by atoms with Gasteiger partial charge in [-0.3, -0.25) is 14.6 Å². The van der Waals surface area contributed by atoms with Crippen molar-refractivity contribution in [3.05, 3.63) is 99.4 Å². The largest absolute Gasteiger partial charge is 0.383 e. The summed E-state index contributed by atoms with van der Waals surface area (Å²) in [5, 5.41) is 10.7. The second kappa shape index (κ2) is 13.7. The van der Waals surface area contributed by atoms with E-state index in [2.05, 4.69) is 56.3 Å². The third kappa shape index (κ3) is 7.61. The third-order valence-electron chi connectivity index (χ3n) is 6.43. The number of aromatic nitrogens is 3. The molecule has 0 unspecified atom stereocenters. The molecule has 0 fully saturated rings. The van der Waals surface area contributed by atoms with Crippen LogP contribution < -0.4 is 21.5 Å². The van der Waals surface area contributed by atoms with E-state index in [-0.39, 0.29) is 18.0 Å². The van der Waals surface area contributed by atoms with Gasteiger partial charge in [-0.05, 0) is 54.3 Å². The number of nitrogens with one attached hydrogen (secondary N) is 4. The molecule has 0 aliphatic heterocycles. The molecule has 0 aliphatic rings. The van der Waals surface area contributed by atoms with Gasteiger partial charge in [0.1, 0.15) is 12.2 Å². The summed E-state index contributed by atoms with van der Waals surface area (Å²) in [7, 11) is 1.69. The maximum Gasteiger partial charge on any atom is 0.274 e. The lowest BCUT2D eigenvalue weighted by Gasteiger charge is -2.10. The minimum absolute atomic E-state index is 0.0506. The van der Waals surface area contributed by atoms with Gasteiger partial charge in [-0.15, -0.1) is 0 Å². The number of hydrogen-bond donors (Lipinski definition) is 4. The standard InChI is InChI=1S/C29H36N6O3/c1-21-16-33-26-7-6-24(15-25(21)26)18-34-28(36)20-35-12-10-32-27(29(35)37)19-30-9-8-22-4-3-5-23(14-22)17-31-11-13-38-2/h3-7,10,12,14-16,30-31,33H,8-9,11,13,17-20H2,1-2H3,(H,34,36). The van der Waals surface area contributed by atoms with Crippen molar-refractivity contribution in [2.45, 2.75) is 39.5 Å². The van der Waals surface area contributed by atoms with Gasteiger partial charge in [0.2, 0.25) is 5.91 Å². The molecular weight excluding hydrogens is 480 g/mol. The summed E-state index contributed by atoms with van der Waals surface area (Å²) in [6.07, 6.45) is 5.92. The lowest BCUT2D eigenvalue weighted by Crippen LogP contribution is -2.34. The van der Waals surface area contributed by atoms with Crippen molar-refractivity contribution in [1.29, 1.82) is 0 Å². The molecule has 9 nitrogen and oxygen atoms in total. The second-order valence-corrected chi connectivity index (χ2v) is 9.35. The number of amides is 1. The first kappa shape index (κ1) is 27.3. The number of aryl methyl sites for hydroxylation is 1. The Balaban J connectivity index is 1.23. The molecule has 4 rings (SSSR count). The van der Waals surface area contributed by atoms with E-state index in [1.54, 1.807) is 19.5 Å². The van der Waals surface area contributed by atoms with Gasteiger partial charge in [0.25, 0.3) is 5.56 Å². The van der Waals surface area contributed by atoms with Crippen LogP contribution in [0.25, 0.3) is 10.9 Å². The van der Waals surface area contributed by atoms with Gasteiger partial charge < -0.3 is 30.2 Å². The number of aromatic amines is 1. The molecule has 0 aliphatic carbocycles. The second-order valence-electron chi connectivity index (χ2n) is 9.35. The Bertz CT molecular complexity index is 1410. The zero-order chi connectivity index (χ0) is 26.7. The van der Waals surface area contributed by atoms with Gasteiger partial charge in [-0.25, -0.2) is 0 Å². The molecule has 0 radical (unpaired) electrons. The molecule has 0 saturated heterocycles. The molecular formula is C29H36N6O3. The monoisotopic (exact) mass is 516 g/mol. The summed E-state index contributed by atoms with van der Waals surface area (Å²) >= 11 is 0. The number of fused-ring (bicyclic) bond motifs is 1. The fourth-order valence-electron chi connectivity index (χ4n) is 4.31. The Morgan fingerprint density at radius 1 is 1.03 bits per heavy atom. The molecule has 1 amide bonds. The van der Waals surface area contributed by atoms with E-state index in [4.69, 9.17) is 4.74 Å². The van der Waals surface area contributed by atoms with Crippen molar-refractivity contribution in [3.8, 4) is 0 Å². The van der Waals surface area contributed by atoms with E-state index >= 15 is 0 Å². The van der Waals surface area contributed by atoms with Gasteiger partial charge >= 0.3 is 0 Å². The molecule has 4 N–H and O–H groups in total. The molecule has 0 bridgehead atoms. The normalized spacial score (nSPS) is 11.2. The summed E-state index contributed by atoms with van der Waals surface area (Å²) in [5.41, 5.74) is 5.83. The number of methoxy groups -OCH3 is 1. The summed E-state index contributed by atoms with van der Waals surface area (Å²) in [4.78, 5) is 32.9. The van der Waals surface area contributed by atoms with Crippen LogP contribution in [-0.4, -0.2) is 47.2 Å². The number of rotatable bonds is 14. The zero-order valence-electron chi connectivity index (χ0n) is 22.0. The first-order chi connectivity index (χ1) is 18.5. The first-order valence-corrected chi connectivity index (χ1v) is 12.9. The molecule has 4 aromatic rings. The molecule has 9 heteroatoms. The van der Waals surface area contributed by atoms with Gasteiger partial charge in [0.15, 0.2) is 0 Å². The summed E-state index contributed by atoms with van der Waals surface area (Å²) in [6, 6.07) is 14.5. The van der Waals surface area contributed by atoms with E-state index in [1.165, 1.54) is 15.7 Å². The van der Waals surface area contributed by atoms with E-state index in [1.807, 2.05) is 25.3 Å². The van der Waals surface area contributed by atoms with Crippen molar-refractivity contribution in [3.63, 3.8) is 0 Å². The van der Waals surface area contributed by atoms with Crippen LogP contribution in [0.1, 0.15) is 27.9 Å². The van der Waals surface area contributed by atoms with Crippen molar-refractivity contribution in [1.82, 2.24) is 30.5 Å². The van der Waals surface area contributed by atoms with Crippen LogP contribution in [0.2, 0.25) is 0 Å². The Labute approximate surface area is 222 Å². The van der Waals surface area contributed by atoms with E-state index in [9.17, 15) is 9.59 Å².